The molecule has 2 rings (SSSR count). The molecule has 5 heteroatoms. The zero-order valence-electron chi connectivity index (χ0n) is 12.4. The van der Waals surface area contributed by atoms with Crippen LogP contribution in [0.2, 0.25) is 0 Å². The lowest BCUT2D eigenvalue weighted by Gasteiger charge is -2.06. The van der Waals surface area contributed by atoms with Gasteiger partial charge in [0.25, 0.3) is 0 Å². The average molecular weight is 371 g/mol. The van der Waals surface area contributed by atoms with Gasteiger partial charge >= 0.3 is 0 Å². The Morgan fingerprint density at radius 2 is 1.83 bits per heavy atom. The Labute approximate surface area is 143 Å². The van der Waals surface area contributed by atoms with Crippen molar-refractivity contribution in [2.45, 2.75) is 19.4 Å². The summed E-state index contributed by atoms with van der Waals surface area (Å²) in [7, 11) is 0. The van der Waals surface area contributed by atoms with Crippen LogP contribution >= 0.6 is 15.9 Å². The lowest BCUT2D eigenvalue weighted by Crippen LogP contribution is -2.23. The molecule has 0 aromatic heterocycles. The quantitative estimate of drug-likeness (QED) is 0.789. The molecule has 4 nitrogen and oxygen atoms in total. The number of hydrogen-bond acceptors (Lipinski definition) is 3. The van der Waals surface area contributed by atoms with E-state index in [1.165, 1.54) is 0 Å². The molecule has 1 amide bonds. The minimum atomic E-state index is -0.183. The van der Waals surface area contributed by atoms with Crippen LogP contribution in [0.25, 0.3) is 0 Å². The van der Waals surface area contributed by atoms with Gasteiger partial charge in [-0.25, -0.2) is 0 Å². The number of carbonyl (C=O) groups is 2. The van der Waals surface area contributed by atoms with Crippen LogP contribution in [-0.2, 0) is 11.3 Å². The van der Waals surface area contributed by atoms with E-state index in [4.69, 9.17) is 5.26 Å². The molecule has 116 valence electrons. The molecule has 0 saturated carbocycles. The van der Waals surface area contributed by atoms with Crippen molar-refractivity contribution in [2.24, 2.45) is 0 Å². The van der Waals surface area contributed by atoms with E-state index in [1.54, 1.807) is 42.5 Å². The van der Waals surface area contributed by atoms with Gasteiger partial charge < -0.3 is 5.32 Å². The number of halogens is 1. The van der Waals surface area contributed by atoms with E-state index in [0.717, 1.165) is 10.0 Å². The molecule has 23 heavy (non-hydrogen) atoms. The largest absolute Gasteiger partial charge is 0.352 e. The van der Waals surface area contributed by atoms with Crippen molar-refractivity contribution >= 4 is 27.6 Å². The Bertz CT molecular complexity index is 748. The van der Waals surface area contributed by atoms with E-state index in [9.17, 15) is 9.59 Å². The van der Waals surface area contributed by atoms with Crippen LogP contribution in [-0.4, -0.2) is 11.7 Å². The third-order valence-corrected chi connectivity index (χ3v) is 3.82. The monoisotopic (exact) mass is 370 g/mol. The van der Waals surface area contributed by atoms with Gasteiger partial charge in [-0.2, -0.15) is 5.26 Å². The number of ketones is 1. The molecule has 0 radical (unpaired) electrons. The maximum atomic E-state index is 12.0. The zero-order valence-corrected chi connectivity index (χ0v) is 14.0. The van der Waals surface area contributed by atoms with E-state index < -0.39 is 0 Å². The first-order chi connectivity index (χ1) is 11.1. The number of nitrogens with zero attached hydrogens (tertiary/aromatic N) is 1. The number of nitriles is 1. The van der Waals surface area contributed by atoms with E-state index >= 15 is 0 Å². The first kappa shape index (κ1) is 16.9. The van der Waals surface area contributed by atoms with E-state index in [1.807, 2.05) is 6.07 Å². The zero-order chi connectivity index (χ0) is 16.7. The van der Waals surface area contributed by atoms with Gasteiger partial charge in [-0.15, -0.1) is 0 Å². The summed E-state index contributed by atoms with van der Waals surface area (Å²) in [6.45, 7) is 0.348. The molecule has 0 atom stereocenters. The minimum Gasteiger partial charge on any atom is -0.352 e. The van der Waals surface area contributed by atoms with Crippen LogP contribution in [0.4, 0.5) is 0 Å². The maximum absolute atomic E-state index is 12.0. The Kier molecular flexibility index (Phi) is 6.07. The SMILES string of the molecule is N#Cc1cccc(CNC(=O)CCC(=O)c2ccc(Br)cc2)c1. The van der Waals surface area contributed by atoms with Crippen molar-refractivity contribution in [3.63, 3.8) is 0 Å². The van der Waals surface area contributed by atoms with Gasteiger partial charge in [0.1, 0.15) is 0 Å². The smallest absolute Gasteiger partial charge is 0.220 e. The lowest BCUT2D eigenvalue weighted by molar-refractivity contribution is -0.121. The fourth-order valence-corrected chi connectivity index (χ4v) is 2.31. The number of benzene rings is 2. The number of nitrogens with one attached hydrogen (secondary N) is 1. The van der Waals surface area contributed by atoms with Gasteiger partial charge in [-0.3, -0.25) is 9.59 Å². The first-order valence-corrected chi connectivity index (χ1v) is 7.92. The first-order valence-electron chi connectivity index (χ1n) is 7.13. The summed E-state index contributed by atoms with van der Waals surface area (Å²) >= 11 is 3.31. The number of rotatable bonds is 6. The number of amides is 1. The van der Waals surface area contributed by atoms with Gasteiger partial charge in [-0.05, 0) is 29.8 Å². The topological polar surface area (TPSA) is 70.0 Å². The highest BCUT2D eigenvalue weighted by atomic mass is 79.9. The molecule has 0 heterocycles. The highest BCUT2D eigenvalue weighted by molar-refractivity contribution is 9.10. The molecule has 0 unspecified atom stereocenters. The maximum Gasteiger partial charge on any atom is 0.220 e. The second kappa shape index (κ2) is 8.25. The highest BCUT2D eigenvalue weighted by Gasteiger charge is 2.09. The number of carbonyl (C=O) groups excluding carboxylic acids is 2. The van der Waals surface area contributed by atoms with Crippen molar-refractivity contribution in [3.8, 4) is 6.07 Å². The molecular weight excluding hydrogens is 356 g/mol. The summed E-state index contributed by atoms with van der Waals surface area (Å²) in [6, 6.07) is 16.2. The second-order valence-corrected chi connectivity index (χ2v) is 5.93. The van der Waals surface area contributed by atoms with Crippen molar-refractivity contribution in [1.82, 2.24) is 5.32 Å². The van der Waals surface area contributed by atoms with Crippen molar-refractivity contribution in [1.29, 1.82) is 5.26 Å². The van der Waals surface area contributed by atoms with Crippen LogP contribution in [0.3, 0.4) is 0 Å². The predicted octanol–water partition coefficient (Wildman–Crippen LogP) is 3.60. The van der Waals surface area contributed by atoms with Gasteiger partial charge in [0.05, 0.1) is 11.6 Å². The van der Waals surface area contributed by atoms with Crippen LogP contribution < -0.4 is 5.32 Å². The molecule has 1 N–H and O–H groups in total. The molecule has 0 bridgehead atoms. The van der Waals surface area contributed by atoms with Crippen molar-refractivity contribution in [3.05, 3.63) is 69.7 Å². The number of Topliss-reactive ketones (excluding diaryl/α,β-unsaturated/α-hetero) is 1. The third-order valence-electron chi connectivity index (χ3n) is 3.29. The predicted molar refractivity (Wildman–Crippen MR) is 90.7 cm³/mol. The van der Waals surface area contributed by atoms with Gasteiger partial charge in [0.15, 0.2) is 5.78 Å². The molecule has 0 spiro atoms. The van der Waals surface area contributed by atoms with Crippen LogP contribution in [0.5, 0.6) is 0 Å². The Hall–Kier alpha value is -2.45. The van der Waals surface area contributed by atoms with Crippen LogP contribution in [0.15, 0.2) is 53.0 Å². The van der Waals surface area contributed by atoms with Crippen LogP contribution in [0, 0.1) is 11.3 Å². The third kappa shape index (κ3) is 5.35. The Morgan fingerprint density at radius 1 is 1.09 bits per heavy atom. The summed E-state index contributed by atoms with van der Waals surface area (Å²) in [5.74, 6) is -0.239. The normalized spacial score (nSPS) is 9.91. The Morgan fingerprint density at radius 3 is 2.52 bits per heavy atom. The molecule has 0 aliphatic carbocycles. The second-order valence-electron chi connectivity index (χ2n) is 5.02. The molecule has 2 aromatic carbocycles. The van der Waals surface area contributed by atoms with E-state index in [2.05, 4.69) is 27.3 Å². The summed E-state index contributed by atoms with van der Waals surface area (Å²) in [4.78, 5) is 23.8. The fourth-order valence-electron chi connectivity index (χ4n) is 2.05. The van der Waals surface area contributed by atoms with Crippen molar-refractivity contribution in [2.75, 3.05) is 0 Å². The average Bonchev–Trinajstić information content (AvgIpc) is 2.58. The fraction of sp³-hybridized carbons (Fsp3) is 0.167. The van der Waals surface area contributed by atoms with E-state index in [-0.39, 0.29) is 24.5 Å². The van der Waals surface area contributed by atoms with Gasteiger partial charge in [-0.1, -0.05) is 40.2 Å². The lowest BCUT2D eigenvalue weighted by atomic mass is 10.1. The summed E-state index contributed by atoms with van der Waals surface area (Å²) in [5, 5.41) is 11.6. The molecule has 0 fully saturated rings. The minimum absolute atomic E-state index is 0.0564. The van der Waals surface area contributed by atoms with Crippen molar-refractivity contribution < 1.29 is 9.59 Å². The molecular formula is C18H15BrN2O2. The van der Waals surface area contributed by atoms with E-state index in [0.29, 0.717) is 17.7 Å². The van der Waals surface area contributed by atoms with Gasteiger partial charge in [0.2, 0.25) is 5.91 Å². The molecule has 0 saturated heterocycles. The van der Waals surface area contributed by atoms with Crippen LogP contribution in [0.1, 0.15) is 34.3 Å². The summed E-state index contributed by atoms with van der Waals surface area (Å²) in [6.07, 6.45) is 0.318. The Balaban J connectivity index is 1.79. The molecule has 0 aliphatic heterocycles. The summed E-state index contributed by atoms with van der Waals surface area (Å²) < 4.78 is 0.909. The molecule has 0 aliphatic rings. The summed E-state index contributed by atoms with van der Waals surface area (Å²) in [5.41, 5.74) is 2.02. The highest BCUT2D eigenvalue weighted by Crippen LogP contribution is 2.12. The molecule has 2 aromatic rings. The number of hydrogen-bond donors (Lipinski definition) is 1. The van der Waals surface area contributed by atoms with Gasteiger partial charge in [0, 0.05) is 29.4 Å². The standard InChI is InChI=1S/C18H15BrN2O2/c19-16-6-4-15(5-7-16)17(22)8-9-18(23)21-12-14-3-1-2-13(10-14)11-20/h1-7,10H,8-9,12H2,(H,21,23).